The van der Waals surface area contributed by atoms with Gasteiger partial charge in [-0.3, -0.25) is 0 Å². The van der Waals surface area contributed by atoms with Crippen molar-refractivity contribution in [2.45, 2.75) is 46.1 Å². The zero-order chi connectivity index (χ0) is 12.6. The van der Waals surface area contributed by atoms with Crippen molar-refractivity contribution in [2.24, 2.45) is 5.92 Å². The summed E-state index contributed by atoms with van der Waals surface area (Å²) >= 11 is 0. The maximum Gasteiger partial charge on any atom is 0.339 e. The molecule has 1 unspecified atom stereocenters. The quantitative estimate of drug-likeness (QED) is 0.412. The Bertz CT molecular complexity index is 252. The lowest BCUT2D eigenvalue weighted by atomic mass is 10.0. The molecule has 16 heavy (non-hydrogen) atoms. The highest BCUT2D eigenvalue weighted by Crippen LogP contribution is 2.11. The number of allylic oxidation sites excluding steroid dienone is 2. The molecule has 0 saturated carbocycles. The van der Waals surface area contributed by atoms with E-state index in [0.717, 1.165) is 18.4 Å². The zero-order valence-corrected chi connectivity index (χ0v) is 10.4. The second kappa shape index (κ2) is 8.11. The van der Waals surface area contributed by atoms with Gasteiger partial charge in [-0.25, -0.2) is 4.79 Å². The van der Waals surface area contributed by atoms with Gasteiger partial charge in [0.2, 0.25) is 0 Å². The third kappa shape index (κ3) is 8.24. The van der Waals surface area contributed by atoms with Crippen LogP contribution in [-0.4, -0.2) is 17.2 Å². The van der Waals surface area contributed by atoms with E-state index in [-0.39, 0.29) is 0 Å². The summed E-state index contributed by atoms with van der Waals surface area (Å²) in [6.45, 7) is 9.59. The lowest BCUT2D eigenvalue weighted by Crippen LogP contribution is -2.16. The van der Waals surface area contributed by atoms with Crippen LogP contribution in [-0.2, 0) is 9.53 Å². The molecule has 0 spiro atoms. The van der Waals surface area contributed by atoms with Crippen LogP contribution in [0.3, 0.4) is 0 Å². The van der Waals surface area contributed by atoms with Gasteiger partial charge in [0.1, 0.15) is 6.10 Å². The molecule has 3 heteroatoms. The molecule has 1 atom stereocenters. The van der Waals surface area contributed by atoms with Crippen LogP contribution in [0.1, 0.15) is 40.0 Å². The van der Waals surface area contributed by atoms with Crippen LogP contribution >= 0.6 is 0 Å². The first-order chi connectivity index (χ1) is 7.43. The fraction of sp³-hybridized carbons (Fsp3) is 0.615. The van der Waals surface area contributed by atoms with Crippen LogP contribution in [0.25, 0.3) is 0 Å². The van der Waals surface area contributed by atoms with Crippen LogP contribution in [0, 0.1) is 5.92 Å². The normalized spacial score (nSPS) is 13.1. The van der Waals surface area contributed by atoms with E-state index >= 15 is 0 Å². The fourth-order valence-corrected chi connectivity index (χ4v) is 1.12. The molecule has 0 saturated heterocycles. The first-order valence-corrected chi connectivity index (χ1v) is 5.66. The number of hydrogen-bond acceptors (Lipinski definition) is 3. The van der Waals surface area contributed by atoms with Gasteiger partial charge in [0.15, 0.2) is 0 Å². The van der Waals surface area contributed by atoms with Gasteiger partial charge in [0.05, 0.1) is 6.26 Å². The first kappa shape index (κ1) is 14.9. The zero-order valence-electron chi connectivity index (χ0n) is 10.4. The minimum Gasteiger partial charge on any atom is -0.433 e. The van der Waals surface area contributed by atoms with Gasteiger partial charge >= 0.3 is 5.97 Å². The van der Waals surface area contributed by atoms with Crippen LogP contribution in [0.4, 0.5) is 0 Å². The Balaban J connectivity index is 3.71. The van der Waals surface area contributed by atoms with Crippen molar-refractivity contribution in [1.29, 1.82) is 0 Å². The van der Waals surface area contributed by atoms with Crippen LogP contribution in [0.15, 0.2) is 24.5 Å². The van der Waals surface area contributed by atoms with Crippen molar-refractivity contribution in [1.82, 2.24) is 0 Å². The van der Waals surface area contributed by atoms with Gasteiger partial charge in [-0.2, -0.15) is 0 Å². The molecule has 0 rings (SSSR count). The summed E-state index contributed by atoms with van der Waals surface area (Å²) in [5.41, 5.74) is 0.930. The average molecular weight is 226 g/mol. The predicted molar refractivity (Wildman–Crippen MR) is 64.7 cm³/mol. The SMILES string of the molecule is C=C(C=COC(=O)C(C)O)CCCC(C)C. The highest BCUT2D eigenvalue weighted by Gasteiger charge is 2.07. The Kier molecular flexibility index (Phi) is 7.56. The second-order valence-corrected chi connectivity index (χ2v) is 4.36. The molecule has 0 amide bonds. The summed E-state index contributed by atoms with van der Waals surface area (Å²) in [6, 6.07) is 0. The Morgan fingerprint density at radius 1 is 1.44 bits per heavy atom. The standard InChI is InChI=1S/C13H22O3/c1-10(2)6-5-7-11(3)8-9-16-13(15)12(4)14/h8-10,12,14H,3,5-7H2,1-2,4H3. The second-order valence-electron chi connectivity index (χ2n) is 4.36. The predicted octanol–water partition coefficient (Wildman–Crippen LogP) is 2.81. The topological polar surface area (TPSA) is 46.5 Å². The number of hydrogen-bond donors (Lipinski definition) is 1. The van der Waals surface area contributed by atoms with Crippen LogP contribution in [0.2, 0.25) is 0 Å². The maximum atomic E-state index is 10.9. The molecule has 0 aromatic rings. The molecule has 0 aliphatic carbocycles. The minimum absolute atomic E-state index is 0.647. The summed E-state index contributed by atoms with van der Waals surface area (Å²) in [4.78, 5) is 10.9. The first-order valence-electron chi connectivity index (χ1n) is 5.66. The van der Waals surface area contributed by atoms with Crippen molar-refractivity contribution in [3.05, 3.63) is 24.5 Å². The summed E-state index contributed by atoms with van der Waals surface area (Å²) in [5.74, 6) is 0.0519. The van der Waals surface area contributed by atoms with E-state index in [2.05, 4.69) is 25.2 Å². The van der Waals surface area contributed by atoms with Crippen molar-refractivity contribution in [3.8, 4) is 0 Å². The van der Waals surface area contributed by atoms with E-state index in [9.17, 15) is 4.79 Å². The molecule has 3 nitrogen and oxygen atoms in total. The molecule has 0 heterocycles. The molecule has 0 radical (unpaired) electrons. The van der Waals surface area contributed by atoms with E-state index in [1.54, 1.807) is 6.08 Å². The lowest BCUT2D eigenvalue weighted by molar-refractivity contribution is -0.146. The third-order valence-corrected chi connectivity index (χ3v) is 2.11. The van der Waals surface area contributed by atoms with Gasteiger partial charge in [-0.1, -0.05) is 32.4 Å². The van der Waals surface area contributed by atoms with E-state index < -0.39 is 12.1 Å². The summed E-state index contributed by atoms with van der Waals surface area (Å²) in [7, 11) is 0. The lowest BCUT2D eigenvalue weighted by Gasteiger charge is -2.04. The number of aliphatic hydroxyl groups is 1. The smallest absolute Gasteiger partial charge is 0.339 e. The monoisotopic (exact) mass is 226 g/mol. The minimum atomic E-state index is -1.08. The fourth-order valence-electron chi connectivity index (χ4n) is 1.12. The van der Waals surface area contributed by atoms with Gasteiger partial charge in [-0.15, -0.1) is 0 Å². The van der Waals surface area contributed by atoms with E-state index in [0.29, 0.717) is 5.92 Å². The van der Waals surface area contributed by atoms with Crippen molar-refractivity contribution < 1.29 is 14.6 Å². The van der Waals surface area contributed by atoms with Gasteiger partial charge in [0.25, 0.3) is 0 Å². The molecular weight excluding hydrogens is 204 g/mol. The average Bonchev–Trinajstić information content (AvgIpc) is 2.16. The number of aliphatic hydroxyl groups excluding tert-OH is 1. The summed E-state index contributed by atoms with van der Waals surface area (Å²) in [6.07, 6.45) is 5.03. The highest BCUT2D eigenvalue weighted by molar-refractivity contribution is 5.74. The van der Waals surface area contributed by atoms with Gasteiger partial charge in [-0.05, 0) is 31.8 Å². The molecule has 0 fully saturated rings. The highest BCUT2D eigenvalue weighted by atomic mass is 16.5. The third-order valence-electron chi connectivity index (χ3n) is 2.11. The molecule has 0 bridgehead atoms. The molecule has 0 aromatic carbocycles. The maximum absolute atomic E-state index is 10.9. The van der Waals surface area contributed by atoms with E-state index in [4.69, 9.17) is 5.11 Å². The number of ether oxygens (including phenoxy) is 1. The molecule has 92 valence electrons. The van der Waals surface area contributed by atoms with Crippen molar-refractivity contribution in [2.75, 3.05) is 0 Å². The number of carbonyl (C=O) groups is 1. The molecule has 0 aliphatic heterocycles. The molecule has 0 aromatic heterocycles. The van der Waals surface area contributed by atoms with Crippen LogP contribution in [0.5, 0.6) is 0 Å². The van der Waals surface area contributed by atoms with Gasteiger partial charge in [0, 0.05) is 0 Å². The Morgan fingerprint density at radius 3 is 2.56 bits per heavy atom. The number of esters is 1. The number of carbonyl (C=O) groups excluding carboxylic acids is 1. The molecular formula is C13H22O3. The Morgan fingerprint density at radius 2 is 2.06 bits per heavy atom. The Labute approximate surface area is 97.8 Å². The van der Waals surface area contributed by atoms with Gasteiger partial charge < -0.3 is 9.84 Å². The van der Waals surface area contributed by atoms with Crippen molar-refractivity contribution >= 4 is 5.97 Å². The van der Waals surface area contributed by atoms with E-state index in [1.165, 1.54) is 19.6 Å². The summed E-state index contributed by atoms with van der Waals surface area (Å²) < 4.78 is 4.67. The molecule has 1 N–H and O–H groups in total. The van der Waals surface area contributed by atoms with Crippen LogP contribution < -0.4 is 0 Å². The van der Waals surface area contributed by atoms with Crippen molar-refractivity contribution in [3.63, 3.8) is 0 Å². The van der Waals surface area contributed by atoms with E-state index in [1.807, 2.05) is 0 Å². The summed E-state index contributed by atoms with van der Waals surface area (Å²) in [5, 5.41) is 8.86. The number of rotatable bonds is 7. The molecule has 0 aliphatic rings. The Hall–Kier alpha value is -1.09. The largest absolute Gasteiger partial charge is 0.433 e.